The van der Waals surface area contributed by atoms with Crippen LogP contribution in [0.1, 0.15) is 36.8 Å². The number of nitrogens with zero attached hydrogens (tertiary/aromatic N) is 2. The van der Waals surface area contributed by atoms with Gasteiger partial charge in [0.1, 0.15) is 5.75 Å². The highest BCUT2D eigenvalue weighted by atomic mass is 32.2. The van der Waals surface area contributed by atoms with Gasteiger partial charge >= 0.3 is 0 Å². The number of benzene rings is 1. The van der Waals surface area contributed by atoms with Crippen molar-refractivity contribution in [2.24, 2.45) is 0 Å². The third-order valence-corrected chi connectivity index (χ3v) is 3.77. The number of hydrogen-bond acceptors (Lipinski definition) is 5. The molecule has 0 bridgehead atoms. The minimum Gasteiger partial charge on any atom is -0.484 e. The van der Waals surface area contributed by atoms with E-state index in [1.165, 1.54) is 12.0 Å². The molecule has 0 saturated carbocycles. The molecule has 0 unspecified atom stereocenters. The molecule has 0 radical (unpaired) electrons. The Kier molecular flexibility index (Phi) is 5.47. The van der Waals surface area contributed by atoms with Crippen molar-refractivity contribution in [1.29, 1.82) is 0 Å². The smallest absolute Gasteiger partial charge is 0.276 e. The van der Waals surface area contributed by atoms with Gasteiger partial charge < -0.3 is 9.15 Å². The highest BCUT2D eigenvalue weighted by Crippen LogP contribution is 2.21. The Morgan fingerprint density at radius 2 is 2.10 bits per heavy atom. The number of ether oxygens (including phenoxy) is 1. The predicted molar refractivity (Wildman–Crippen MR) is 80.2 cm³/mol. The summed E-state index contributed by atoms with van der Waals surface area (Å²) in [6, 6.07) is 6.13. The number of aromatic nitrogens is 2. The van der Waals surface area contributed by atoms with Crippen LogP contribution in [0.3, 0.4) is 0 Å². The third-order valence-electron chi connectivity index (χ3n) is 2.87. The predicted octanol–water partition coefficient (Wildman–Crippen LogP) is 4.16. The van der Waals surface area contributed by atoms with E-state index in [0.717, 1.165) is 23.5 Å². The summed E-state index contributed by atoms with van der Waals surface area (Å²) in [5, 5.41) is 8.63. The van der Waals surface area contributed by atoms with Crippen LogP contribution >= 0.6 is 11.8 Å². The molecule has 0 saturated heterocycles. The molecule has 0 aliphatic rings. The molecule has 2 aromatic rings. The lowest BCUT2D eigenvalue weighted by Crippen LogP contribution is -1.97. The average Bonchev–Trinajstić information content (AvgIpc) is 2.88. The molecule has 0 aliphatic heterocycles. The monoisotopic (exact) mass is 292 g/mol. The molecule has 0 spiro atoms. The van der Waals surface area contributed by atoms with E-state index in [4.69, 9.17) is 9.15 Å². The van der Waals surface area contributed by atoms with Gasteiger partial charge in [0.2, 0.25) is 0 Å². The maximum Gasteiger partial charge on any atom is 0.276 e. The van der Waals surface area contributed by atoms with Crippen LogP contribution in [0.25, 0.3) is 0 Å². The van der Waals surface area contributed by atoms with E-state index in [-0.39, 0.29) is 0 Å². The molecule has 108 valence electrons. The lowest BCUT2D eigenvalue weighted by atomic mass is 10.1. The largest absolute Gasteiger partial charge is 0.484 e. The summed E-state index contributed by atoms with van der Waals surface area (Å²) in [4.78, 5) is 0. The van der Waals surface area contributed by atoms with Crippen LogP contribution < -0.4 is 4.74 Å². The molecule has 0 amide bonds. The first-order valence-electron chi connectivity index (χ1n) is 6.84. The average molecular weight is 292 g/mol. The van der Waals surface area contributed by atoms with Crippen LogP contribution in [0.15, 0.2) is 27.8 Å². The zero-order chi connectivity index (χ0) is 14.4. The van der Waals surface area contributed by atoms with Crippen molar-refractivity contribution in [3.05, 3.63) is 35.2 Å². The molecule has 1 heterocycles. The first-order valence-corrected chi connectivity index (χ1v) is 7.83. The van der Waals surface area contributed by atoms with Crippen molar-refractivity contribution < 1.29 is 9.15 Å². The van der Waals surface area contributed by atoms with Gasteiger partial charge in [-0.25, -0.2) is 0 Å². The fourth-order valence-corrected chi connectivity index (χ4v) is 2.52. The lowest BCUT2D eigenvalue weighted by Gasteiger charge is -2.07. The van der Waals surface area contributed by atoms with Gasteiger partial charge in [-0.15, -0.1) is 10.2 Å². The van der Waals surface area contributed by atoms with Crippen LogP contribution in [0, 0.1) is 13.8 Å². The lowest BCUT2D eigenvalue weighted by molar-refractivity contribution is 0.250. The van der Waals surface area contributed by atoms with Crippen molar-refractivity contribution >= 4 is 11.8 Å². The first-order chi connectivity index (χ1) is 9.69. The van der Waals surface area contributed by atoms with Gasteiger partial charge in [-0.05, 0) is 37.5 Å². The zero-order valence-corrected chi connectivity index (χ0v) is 13.0. The van der Waals surface area contributed by atoms with Crippen LogP contribution in [0.2, 0.25) is 0 Å². The maximum atomic E-state index is 5.74. The number of hydrogen-bond donors (Lipinski definition) is 0. The normalized spacial score (nSPS) is 10.8. The van der Waals surface area contributed by atoms with Crippen molar-refractivity contribution in [2.75, 3.05) is 5.75 Å². The minimum absolute atomic E-state index is 0.311. The molecule has 2 rings (SSSR count). The molecule has 0 atom stereocenters. The van der Waals surface area contributed by atoms with Gasteiger partial charge in [0.25, 0.3) is 11.1 Å². The minimum atomic E-state index is 0.311. The summed E-state index contributed by atoms with van der Waals surface area (Å²) in [7, 11) is 0. The quantitative estimate of drug-likeness (QED) is 0.566. The summed E-state index contributed by atoms with van der Waals surface area (Å²) < 4.78 is 11.3. The summed E-state index contributed by atoms with van der Waals surface area (Å²) in [5.74, 6) is 2.39. The van der Waals surface area contributed by atoms with Gasteiger partial charge in [0.15, 0.2) is 6.61 Å². The van der Waals surface area contributed by atoms with Gasteiger partial charge in [-0.1, -0.05) is 37.2 Å². The summed E-state index contributed by atoms with van der Waals surface area (Å²) >= 11 is 1.60. The number of thioether (sulfide) groups is 1. The Labute approximate surface area is 123 Å². The molecule has 0 N–H and O–H groups in total. The van der Waals surface area contributed by atoms with Crippen LogP contribution in [-0.4, -0.2) is 16.0 Å². The number of aryl methyl sites for hydroxylation is 2. The van der Waals surface area contributed by atoms with E-state index >= 15 is 0 Å². The van der Waals surface area contributed by atoms with Crippen LogP contribution in [0.4, 0.5) is 0 Å². The first kappa shape index (κ1) is 14.9. The van der Waals surface area contributed by atoms with E-state index in [1.807, 2.05) is 26.0 Å². The SMILES string of the molecule is CCCCSc1nnc(COc2cc(C)ccc2C)o1. The maximum absolute atomic E-state index is 5.74. The van der Waals surface area contributed by atoms with Gasteiger partial charge in [-0.2, -0.15) is 0 Å². The molecule has 0 aliphatic carbocycles. The number of unbranched alkanes of at least 4 members (excludes halogenated alkanes) is 1. The van der Waals surface area contributed by atoms with Gasteiger partial charge in [-0.3, -0.25) is 0 Å². The Morgan fingerprint density at radius 3 is 2.90 bits per heavy atom. The van der Waals surface area contributed by atoms with E-state index in [2.05, 4.69) is 23.2 Å². The van der Waals surface area contributed by atoms with Crippen molar-refractivity contribution in [3.63, 3.8) is 0 Å². The second-order valence-electron chi connectivity index (χ2n) is 4.72. The molecule has 1 aromatic carbocycles. The zero-order valence-electron chi connectivity index (χ0n) is 12.2. The second-order valence-corrected chi connectivity index (χ2v) is 5.77. The molecule has 0 fully saturated rings. The molecule has 5 heteroatoms. The van der Waals surface area contributed by atoms with Crippen molar-refractivity contribution in [3.8, 4) is 5.75 Å². The van der Waals surface area contributed by atoms with Gasteiger partial charge in [0.05, 0.1) is 0 Å². The van der Waals surface area contributed by atoms with Crippen molar-refractivity contribution in [2.45, 2.75) is 45.4 Å². The molecule has 1 aromatic heterocycles. The third kappa shape index (κ3) is 4.27. The van der Waals surface area contributed by atoms with E-state index in [9.17, 15) is 0 Å². The van der Waals surface area contributed by atoms with E-state index in [1.54, 1.807) is 11.8 Å². The van der Waals surface area contributed by atoms with Crippen LogP contribution in [0.5, 0.6) is 5.75 Å². The van der Waals surface area contributed by atoms with Crippen LogP contribution in [-0.2, 0) is 6.61 Å². The Bertz CT molecular complexity index is 555. The van der Waals surface area contributed by atoms with Crippen molar-refractivity contribution in [1.82, 2.24) is 10.2 Å². The van der Waals surface area contributed by atoms with Gasteiger partial charge in [0, 0.05) is 5.75 Å². The molecule has 20 heavy (non-hydrogen) atoms. The topological polar surface area (TPSA) is 48.2 Å². The highest BCUT2D eigenvalue weighted by molar-refractivity contribution is 7.99. The fraction of sp³-hybridized carbons (Fsp3) is 0.467. The summed E-state index contributed by atoms with van der Waals surface area (Å²) in [6.07, 6.45) is 2.32. The molecule has 4 nitrogen and oxygen atoms in total. The second kappa shape index (κ2) is 7.33. The molecular weight excluding hydrogens is 272 g/mol. The summed E-state index contributed by atoms with van der Waals surface area (Å²) in [5.41, 5.74) is 2.28. The Hall–Kier alpha value is -1.49. The van der Waals surface area contributed by atoms with E-state index in [0.29, 0.717) is 17.7 Å². The Balaban J connectivity index is 1.89. The standard InChI is InChI=1S/C15H20N2O2S/c1-4-5-8-20-15-17-16-14(19-15)10-18-13-9-11(2)6-7-12(13)3/h6-7,9H,4-5,8,10H2,1-3H3. The van der Waals surface area contributed by atoms with E-state index < -0.39 is 0 Å². The fourth-order valence-electron chi connectivity index (χ4n) is 1.66. The summed E-state index contributed by atoms with van der Waals surface area (Å²) in [6.45, 7) is 6.54. The Morgan fingerprint density at radius 1 is 1.25 bits per heavy atom. The molecular formula is C15H20N2O2S. The number of rotatable bonds is 7. The highest BCUT2D eigenvalue weighted by Gasteiger charge is 2.08.